The molecule has 0 saturated heterocycles. The third-order valence-corrected chi connectivity index (χ3v) is 8.93. The molecule has 3 aliphatic carbocycles. The van der Waals surface area contributed by atoms with Crippen molar-refractivity contribution in [2.45, 2.75) is 37.6 Å². The number of nitrogens with one attached hydrogen (secondary N) is 1. The molecule has 1 amide bonds. The molecule has 42 heavy (non-hydrogen) atoms. The largest absolute Gasteiger partial charge is 0.510 e. The lowest BCUT2D eigenvalue weighted by Crippen LogP contribution is -2.63. The second kappa shape index (κ2) is 10.3. The molecule has 0 aliphatic heterocycles. The van der Waals surface area contributed by atoms with Crippen molar-refractivity contribution in [2.24, 2.45) is 24.6 Å². The summed E-state index contributed by atoms with van der Waals surface area (Å²) in [5.74, 6) is -6.62. The van der Waals surface area contributed by atoms with Crippen LogP contribution in [0, 0.1) is 11.8 Å². The van der Waals surface area contributed by atoms with Crippen molar-refractivity contribution in [2.75, 3.05) is 33.1 Å². The summed E-state index contributed by atoms with van der Waals surface area (Å²) in [6.07, 6.45) is 2.20. The number of allylic oxidation sites excluding steroid dienone is 1. The van der Waals surface area contributed by atoms with Crippen LogP contribution in [0.15, 0.2) is 47.1 Å². The predicted molar refractivity (Wildman–Crippen MR) is 154 cm³/mol. The molecular formula is C30H37N5O7. The van der Waals surface area contributed by atoms with Gasteiger partial charge in [-0.1, -0.05) is 0 Å². The van der Waals surface area contributed by atoms with Crippen molar-refractivity contribution >= 4 is 23.2 Å². The lowest BCUT2D eigenvalue weighted by atomic mass is 9.58. The van der Waals surface area contributed by atoms with Gasteiger partial charge in [0.2, 0.25) is 5.78 Å². The van der Waals surface area contributed by atoms with E-state index in [1.165, 1.54) is 4.90 Å². The summed E-state index contributed by atoms with van der Waals surface area (Å²) in [5.41, 5.74) is 4.53. The van der Waals surface area contributed by atoms with Crippen LogP contribution in [0.4, 0.5) is 5.69 Å². The molecular weight excluding hydrogens is 542 g/mol. The number of aromatic nitrogens is 1. The number of Topliss-reactive ketones (excluding diaryl/α,β-unsaturated/α-hetero) is 2. The van der Waals surface area contributed by atoms with Crippen molar-refractivity contribution in [1.82, 2.24) is 14.8 Å². The number of anilines is 1. The van der Waals surface area contributed by atoms with Crippen LogP contribution < -0.4 is 16.0 Å². The van der Waals surface area contributed by atoms with Gasteiger partial charge in [0.25, 0.3) is 5.91 Å². The Morgan fingerprint density at radius 3 is 2.43 bits per heavy atom. The zero-order valence-electron chi connectivity index (χ0n) is 24.3. The Balaban J connectivity index is 1.62. The number of carbonyl (C=O) groups is 3. The van der Waals surface area contributed by atoms with Crippen LogP contribution >= 0.6 is 0 Å². The number of ketones is 2. The number of primary amides is 1. The number of hydrogen-bond acceptors (Lipinski definition) is 10. The molecule has 224 valence electrons. The number of phenols is 1. The highest BCUT2D eigenvalue weighted by atomic mass is 16.3. The van der Waals surface area contributed by atoms with Crippen LogP contribution in [0.5, 0.6) is 5.75 Å². The van der Waals surface area contributed by atoms with E-state index in [0.29, 0.717) is 23.4 Å². The normalized spacial score (nSPS) is 25.5. The van der Waals surface area contributed by atoms with Gasteiger partial charge in [0.05, 0.1) is 11.6 Å². The molecule has 4 unspecified atom stereocenters. The standard InChI is InChI=1S/C30H37N5O7/c1-33(2)19-11-15(12-32-13-16-7-6-8-35(16)5)24(36)21-17(19)9-14-10-18-23(34(3)4)26(38)22(29(31)41)28(40)30(18,42)27(39)20(14)25(21)37/h6-8,11,14,18,23,32,36,38-39,42H,9-10,12-13H2,1-5H3,(H2,31,41). The number of aryl methyl sites for hydroxylation is 1. The molecule has 0 fully saturated rings. The second-order valence-electron chi connectivity index (χ2n) is 11.8. The highest BCUT2D eigenvalue weighted by Gasteiger charge is 2.63. The monoisotopic (exact) mass is 579 g/mol. The first-order valence-electron chi connectivity index (χ1n) is 13.7. The molecule has 5 rings (SSSR count). The molecule has 12 nitrogen and oxygen atoms in total. The van der Waals surface area contributed by atoms with Crippen molar-refractivity contribution in [3.8, 4) is 5.75 Å². The lowest BCUT2D eigenvalue weighted by molar-refractivity contribution is -0.148. The zero-order chi connectivity index (χ0) is 30.8. The van der Waals surface area contributed by atoms with Gasteiger partial charge in [0.15, 0.2) is 11.4 Å². The topological polar surface area (TPSA) is 182 Å². The number of nitrogens with two attached hydrogens (primary N) is 1. The first kappa shape index (κ1) is 29.4. The highest BCUT2D eigenvalue weighted by Crippen LogP contribution is 2.53. The number of amides is 1. The molecule has 2 aromatic rings. The summed E-state index contributed by atoms with van der Waals surface area (Å²) in [5, 5.41) is 48.9. The molecule has 0 radical (unpaired) electrons. The van der Waals surface area contributed by atoms with Gasteiger partial charge in [-0.25, -0.2) is 0 Å². The number of nitrogens with zero attached hydrogens (tertiary/aromatic N) is 3. The van der Waals surface area contributed by atoms with E-state index >= 15 is 0 Å². The first-order valence-corrected chi connectivity index (χ1v) is 13.7. The van der Waals surface area contributed by atoms with Crippen LogP contribution in [0.3, 0.4) is 0 Å². The molecule has 1 aromatic carbocycles. The maximum atomic E-state index is 14.1. The Morgan fingerprint density at radius 1 is 1.17 bits per heavy atom. The van der Waals surface area contributed by atoms with E-state index in [-0.39, 0.29) is 36.3 Å². The van der Waals surface area contributed by atoms with Gasteiger partial charge < -0.3 is 40.9 Å². The van der Waals surface area contributed by atoms with Crippen LogP contribution in [0.2, 0.25) is 0 Å². The number of aliphatic hydroxyl groups excluding tert-OH is 2. The van der Waals surface area contributed by atoms with Gasteiger partial charge in [-0.05, 0) is 56.6 Å². The third kappa shape index (κ3) is 4.20. The summed E-state index contributed by atoms with van der Waals surface area (Å²) < 4.78 is 1.97. The predicted octanol–water partition coefficient (Wildman–Crippen LogP) is 0.815. The molecule has 3 aliphatic rings. The van der Waals surface area contributed by atoms with E-state index < -0.39 is 58.0 Å². The fraction of sp³-hybridized carbons (Fsp3) is 0.433. The molecule has 0 saturated carbocycles. The molecule has 1 heterocycles. The average molecular weight is 580 g/mol. The Kier molecular flexibility index (Phi) is 7.20. The molecule has 0 spiro atoms. The van der Waals surface area contributed by atoms with E-state index in [1.54, 1.807) is 14.1 Å². The van der Waals surface area contributed by atoms with Gasteiger partial charge in [0, 0.05) is 68.9 Å². The van der Waals surface area contributed by atoms with Gasteiger partial charge in [-0.2, -0.15) is 0 Å². The summed E-state index contributed by atoms with van der Waals surface area (Å²) in [7, 11) is 8.79. The number of phenolic OH excluding ortho intramolecular Hbond substituents is 1. The van der Waals surface area contributed by atoms with Crippen LogP contribution in [-0.2, 0) is 36.1 Å². The minimum absolute atomic E-state index is 0.00218. The summed E-state index contributed by atoms with van der Waals surface area (Å²) >= 11 is 0. The van der Waals surface area contributed by atoms with Crippen molar-refractivity contribution in [3.05, 3.63) is 69.4 Å². The van der Waals surface area contributed by atoms with Crippen molar-refractivity contribution in [1.29, 1.82) is 0 Å². The van der Waals surface area contributed by atoms with Gasteiger partial charge in [-0.3, -0.25) is 19.3 Å². The van der Waals surface area contributed by atoms with Crippen LogP contribution in [0.25, 0.3) is 0 Å². The molecule has 12 heteroatoms. The quantitative estimate of drug-likeness (QED) is 0.257. The van der Waals surface area contributed by atoms with Gasteiger partial charge >= 0.3 is 0 Å². The zero-order valence-corrected chi connectivity index (χ0v) is 24.3. The Morgan fingerprint density at radius 2 is 1.86 bits per heavy atom. The van der Waals surface area contributed by atoms with Crippen LogP contribution in [-0.4, -0.2) is 87.2 Å². The summed E-state index contributed by atoms with van der Waals surface area (Å²) in [6, 6.07) is 4.69. The Hall–Kier alpha value is -4.13. The SMILES string of the molecule is CN(C)c1cc(CNCc2cccn2C)c(O)c2c1CC1CC3C(N(C)C)C(O)=C(C(N)=O)C(=O)C3(O)C(O)=C1C2=O. The number of benzene rings is 1. The number of carbonyl (C=O) groups excluding carboxylic acids is 3. The maximum absolute atomic E-state index is 14.1. The van der Waals surface area contributed by atoms with Crippen molar-refractivity contribution in [3.63, 3.8) is 0 Å². The number of fused-ring (bicyclic) bond motifs is 3. The van der Waals surface area contributed by atoms with Crippen molar-refractivity contribution < 1.29 is 34.8 Å². The number of hydrogen-bond donors (Lipinski definition) is 6. The minimum Gasteiger partial charge on any atom is -0.510 e. The molecule has 7 N–H and O–H groups in total. The lowest BCUT2D eigenvalue weighted by Gasteiger charge is -2.50. The minimum atomic E-state index is -2.67. The van der Waals surface area contributed by atoms with Gasteiger partial charge in [-0.15, -0.1) is 0 Å². The third-order valence-electron chi connectivity index (χ3n) is 8.93. The summed E-state index contributed by atoms with van der Waals surface area (Å²) in [6.45, 7) is 0.763. The number of rotatable bonds is 7. The number of likely N-dealkylation sites (N-methyl/N-ethyl adjacent to an activating group) is 1. The fourth-order valence-electron chi connectivity index (χ4n) is 6.89. The summed E-state index contributed by atoms with van der Waals surface area (Å²) in [4.78, 5) is 43.2. The number of aromatic hydroxyl groups is 1. The van der Waals surface area contributed by atoms with E-state index in [4.69, 9.17) is 5.73 Å². The second-order valence-corrected chi connectivity index (χ2v) is 11.8. The number of aliphatic hydroxyl groups is 3. The molecule has 4 atom stereocenters. The van der Waals surface area contributed by atoms with E-state index in [0.717, 1.165) is 5.69 Å². The van der Waals surface area contributed by atoms with E-state index in [2.05, 4.69) is 5.32 Å². The maximum Gasteiger partial charge on any atom is 0.255 e. The van der Waals surface area contributed by atoms with E-state index in [1.807, 2.05) is 55.0 Å². The highest BCUT2D eigenvalue weighted by molar-refractivity contribution is 6.25. The smallest absolute Gasteiger partial charge is 0.255 e. The Labute approximate surface area is 243 Å². The molecule has 1 aromatic heterocycles. The Bertz CT molecular complexity index is 1570. The molecule has 0 bridgehead atoms. The van der Waals surface area contributed by atoms with E-state index in [9.17, 15) is 34.8 Å². The van der Waals surface area contributed by atoms with Gasteiger partial charge in [0.1, 0.15) is 22.8 Å². The fourth-order valence-corrected chi connectivity index (χ4v) is 6.89. The average Bonchev–Trinajstić information content (AvgIpc) is 3.31. The van der Waals surface area contributed by atoms with Crippen LogP contribution in [0.1, 0.15) is 33.6 Å². The first-order chi connectivity index (χ1) is 19.7.